The lowest BCUT2D eigenvalue weighted by Crippen LogP contribution is -2.48. The Morgan fingerprint density at radius 1 is 1.30 bits per heavy atom. The number of fused-ring (bicyclic) bond motifs is 1. The molecule has 2 N–H and O–H groups in total. The smallest absolute Gasteiger partial charge is 0.328 e. The summed E-state index contributed by atoms with van der Waals surface area (Å²) in [6, 6.07) is 3.35. The molecule has 0 spiro atoms. The number of amides is 3. The van der Waals surface area contributed by atoms with Crippen LogP contribution in [0.4, 0.5) is 0 Å². The maximum absolute atomic E-state index is 12.2. The third kappa shape index (κ3) is 3.57. The van der Waals surface area contributed by atoms with Crippen molar-refractivity contribution in [1.29, 1.82) is 0 Å². The van der Waals surface area contributed by atoms with Crippen molar-refractivity contribution >= 4 is 39.6 Å². The normalized spacial score (nSPS) is 14.6. The van der Waals surface area contributed by atoms with Crippen LogP contribution in [-0.4, -0.2) is 60.0 Å². The second-order valence-electron chi connectivity index (χ2n) is 4.80. The molecule has 3 amide bonds. The molecule has 0 radical (unpaired) electrons. The third-order valence-electron chi connectivity index (χ3n) is 3.20. The van der Waals surface area contributed by atoms with Gasteiger partial charge in [-0.3, -0.25) is 19.3 Å². The van der Waals surface area contributed by atoms with Crippen LogP contribution in [0.5, 0.6) is 0 Å². The summed E-state index contributed by atoms with van der Waals surface area (Å²) in [7, 11) is 1.30. The van der Waals surface area contributed by atoms with Gasteiger partial charge in [-0.25, -0.2) is 4.79 Å². The number of rotatable bonds is 6. The minimum Gasteiger partial charge on any atom is -0.480 e. The van der Waals surface area contributed by atoms with Gasteiger partial charge in [0.1, 0.15) is 6.54 Å². The van der Waals surface area contributed by atoms with E-state index in [1.165, 1.54) is 19.2 Å². The summed E-state index contributed by atoms with van der Waals surface area (Å²) in [6.07, 6.45) is 0. The highest BCUT2D eigenvalue weighted by molar-refractivity contribution is 9.10. The first-order valence-electron chi connectivity index (χ1n) is 6.52. The molecule has 9 heteroatoms. The highest BCUT2D eigenvalue weighted by atomic mass is 79.9. The van der Waals surface area contributed by atoms with Crippen molar-refractivity contribution < 1.29 is 29.0 Å². The monoisotopic (exact) mass is 384 g/mol. The summed E-state index contributed by atoms with van der Waals surface area (Å²) in [5.41, 5.74) is 0.404. The van der Waals surface area contributed by atoms with Crippen molar-refractivity contribution in [3.63, 3.8) is 0 Å². The first-order valence-corrected chi connectivity index (χ1v) is 7.31. The molecule has 1 aliphatic rings. The molecule has 1 aromatic rings. The van der Waals surface area contributed by atoms with Gasteiger partial charge in [-0.2, -0.15) is 0 Å². The Hall–Kier alpha value is -2.26. The molecule has 0 bridgehead atoms. The summed E-state index contributed by atoms with van der Waals surface area (Å²) in [4.78, 5) is 48.0. The number of hydrogen-bond acceptors (Lipinski definition) is 5. The number of nitrogens with one attached hydrogen (secondary N) is 1. The van der Waals surface area contributed by atoms with E-state index >= 15 is 0 Å². The van der Waals surface area contributed by atoms with Gasteiger partial charge in [-0.05, 0) is 18.2 Å². The van der Waals surface area contributed by atoms with Gasteiger partial charge in [0.15, 0.2) is 6.04 Å². The van der Waals surface area contributed by atoms with Crippen molar-refractivity contribution in [1.82, 2.24) is 10.2 Å². The van der Waals surface area contributed by atoms with Crippen LogP contribution in [0.2, 0.25) is 0 Å². The zero-order valence-electron chi connectivity index (χ0n) is 12.0. The Kier molecular flexibility index (Phi) is 5.12. The van der Waals surface area contributed by atoms with Crippen molar-refractivity contribution in [2.75, 3.05) is 20.3 Å². The van der Waals surface area contributed by atoms with Crippen LogP contribution in [0.3, 0.4) is 0 Å². The van der Waals surface area contributed by atoms with Crippen LogP contribution < -0.4 is 5.32 Å². The molecule has 2 rings (SSSR count). The number of carboxylic acid groups (broad SMARTS) is 1. The fourth-order valence-corrected chi connectivity index (χ4v) is 2.49. The van der Waals surface area contributed by atoms with Gasteiger partial charge >= 0.3 is 5.97 Å². The molecule has 0 aromatic heterocycles. The predicted octanol–water partition coefficient (Wildman–Crippen LogP) is 0.261. The Balaban J connectivity index is 2.09. The Bertz CT molecular complexity index is 690. The Morgan fingerprint density at radius 2 is 1.96 bits per heavy atom. The van der Waals surface area contributed by atoms with Gasteiger partial charge in [0, 0.05) is 11.6 Å². The van der Waals surface area contributed by atoms with Crippen molar-refractivity contribution in [2.45, 2.75) is 6.04 Å². The topological polar surface area (TPSA) is 113 Å². The lowest BCUT2D eigenvalue weighted by Gasteiger charge is -2.17. The summed E-state index contributed by atoms with van der Waals surface area (Å²) < 4.78 is 5.33. The standard InChI is InChI=1S/C14H13BrN2O6/c1-23-6-10(14(21)22)16-11(18)5-17-12(19)8-3-2-7(15)4-9(8)13(17)20/h2-4,10H,5-6H2,1H3,(H,16,18)(H,21,22). The van der Waals surface area contributed by atoms with Gasteiger partial charge in [-0.15, -0.1) is 0 Å². The Labute approximate surface area is 139 Å². The number of hydrogen-bond donors (Lipinski definition) is 2. The zero-order valence-corrected chi connectivity index (χ0v) is 13.6. The molecule has 0 saturated heterocycles. The number of carbonyl (C=O) groups excluding carboxylic acids is 3. The summed E-state index contributed by atoms with van der Waals surface area (Å²) in [6.45, 7) is -0.784. The molecule has 8 nitrogen and oxygen atoms in total. The lowest BCUT2D eigenvalue weighted by atomic mass is 10.1. The van der Waals surface area contributed by atoms with E-state index in [2.05, 4.69) is 21.2 Å². The van der Waals surface area contributed by atoms with Gasteiger partial charge in [0.05, 0.1) is 17.7 Å². The quantitative estimate of drug-likeness (QED) is 0.680. The van der Waals surface area contributed by atoms with Crippen LogP contribution in [0.1, 0.15) is 20.7 Å². The first-order chi connectivity index (χ1) is 10.8. The molecule has 0 fully saturated rings. The van der Waals surface area contributed by atoms with Gasteiger partial charge in [-0.1, -0.05) is 15.9 Å². The number of nitrogens with zero attached hydrogens (tertiary/aromatic N) is 1. The maximum atomic E-state index is 12.2. The minimum atomic E-state index is -1.27. The number of halogens is 1. The maximum Gasteiger partial charge on any atom is 0.328 e. The second kappa shape index (κ2) is 6.88. The fraction of sp³-hybridized carbons (Fsp3) is 0.286. The molecule has 23 heavy (non-hydrogen) atoms. The average molecular weight is 385 g/mol. The highest BCUT2D eigenvalue weighted by Gasteiger charge is 2.37. The van der Waals surface area contributed by atoms with Crippen LogP contribution in [0.15, 0.2) is 22.7 Å². The number of carboxylic acids is 1. The largest absolute Gasteiger partial charge is 0.480 e. The molecule has 1 unspecified atom stereocenters. The number of ether oxygens (including phenoxy) is 1. The number of benzene rings is 1. The van der Waals surface area contributed by atoms with Crippen LogP contribution in [-0.2, 0) is 14.3 Å². The van der Waals surface area contributed by atoms with E-state index in [9.17, 15) is 19.2 Å². The van der Waals surface area contributed by atoms with Crippen molar-refractivity contribution in [3.05, 3.63) is 33.8 Å². The lowest BCUT2D eigenvalue weighted by molar-refractivity contribution is -0.143. The predicted molar refractivity (Wildman–Crippen MR) is 81.0 cm³/mol. The van der Waals surface area contributed by atoms with E-state index in [0.717, 1.165) is 4.90 Å². The number of imide groups is 1. The average Bonchev–Trinajstić information content (AvgIpc) is 2.71. The highest BCUT2D eigenvalue weighted by Crippen LogP contribution is 2.25. The van der Waals surface area contributed by atoms with E-state index < -0.39 is 36.3 Å². The number of carbonyl (C=O) groups is 4. The van der Waals surface area contributed by atoms with Gasteiger partial charge in [0.2, 0.25) is 5.91 Å². The molecular formula is C14H13BrN2O6. The van der Waals surface area contributed by atoms with E-state index in [0.29, 0.717) is 4.47 Å². The summed E-state index contributed by atoms with van der Waals surface area (Å²) in [5, 5.41) is 11.1. The van der Waals surface area contributed by atoms with Gasteiger partial charge < -0.3 is 15.2 Å². The minimum absolute atomic E-state index is 0.198. The van der Waals surface area contributed by atoms with E-state index in [1.807, 2.05) is 0 Å². The van der Waals surface area contributed by atoms with E-state index in [4.69, 9.17) is 9.84 Å². The second-order valence-corrected chi connectivity index (χ2v) is 5.72. The molecular weight excluding hydrogens is 372 g/mol. The van der Waals surface area contributed by atoms with E-state index in [-0.39, 0.29) is 17.7 Å². The van der Waals surface area contributed by atoms with Crippen molar-refractivity contribution in [3.8, 4) is 0 Å². The molecule has 122 valence electrons. The van der Waals surface area contributed by atoms with Crippen molar-refractivity contribution in [2.24, 2.45) is 0 Å². The fourth-order valence-electron chi connectivity index (χ4n) is 2.13. The molecule has 1 aliphatic heterocycles. The van der Waals surface area contributed by atoms with Crippen LogP contribution in [0, 0.1) is 0 Å². The van der Waals surface area contributed by atoms with Crippen LogP contribution in [0.25, 0.3) is 0 Å². The third-order valence-corrected chi connectivity index (χ3v) is 3.69. The molecule has 1 aromatic carbocycles. The zero-order chi connectivity index (χ0) is 17.1. The first kappa shape index (κ1) is 17.1. The molecule has 1 heterocycles. The SMILES string of the molecule is COCC(NC(=O)CN1C(=O)c2ccc(Br)cc2C1=O)C(=O)O. The Morgan fingerprint density at radius 3 is 2.57 bits per heavy atom. The number of aliphatic carboxylic acids is 1. The molecule has 0 aliphatic carbocycles. The summed E-state index contributed by atoms with van der Waals surface area (Å²) >= 11 is 3.21. The summed E-state index contributed by atoms with van der Waals surface area (Å²) in [5.74, 6) is -3.22. The molecule has 0 saturated carbocycles. The molecule has 1 atom stereocenters. The van der Waals surface area contributed by atoms with Gasteiger partial charge in [0.25, 0.3) is 11.8 Å². The van der Waals surface area contributed by atoms with E-state index in [1.54, 1.807) is 6.07 Å². The number of methoxy groups -OCH3 is 1. The van der Waals surface area contributed by atoms with Crippen LogP contribution >= 0.6 is 15.9 Å².